The fraction of sp³-hybridized carbons (Fsp3) is 1.00. The van der Waals surface area contributed by atoms with Crippen LogP contribution in [-0.4, -0.2) is 145 Å². The normalized spacial score (nSPS) is 11.5. The van der Waals surface area contributed by atoms with E-state index in [-0.39, 0.29) is 0 Å². The molecular formula is C24H51NO10. The van der Waals surface area contributed by atoms with Crippen molar-refractivity contribution in [3.63, 3.8) is 0 Å². The molecule has 212 valence electrons. The second-order valence-corrected chi connectivity index (χ2v) is 7.06. The third-order valence-corrected chi connectivity index (χ3v) is 4.23. The minimum Gasteiger partial charge on any atom is -0.379 e. The Hall–Kier alpha value is -0.440. The van der Waals surface area contributed by atoms with Crippen LogP contribution in [-0.2, 0) is 47.4 Å². The van der Waals surface area contributed by atoms with Crippen molar-refractivity contribution in [1.29, 1.82) is 0 Å². The van der Waals surface area contributed by atoms with Gasteiger partial charge in [-0.3, -0.25) is 0 Å². The monoisotopic (exact) mass is 513 g/mol. The first-order chi connectivity index (χ1) is 17.4. The molecule has 0 unspecified atom stereocenters. The van der Waals surface area contributed by atoms with Crippen molar-refractivity contribution in [1.82, 2.24) is 5.32 Å². The fourth-order valence-corrected chi connectivity index (χ4v) is 2.44. The molecule has 0 bridgehead atoms. The zero-order valence-corrected chi connectivity index (χ0v) is 22.1. The Bertz CT molecular complexity index is 337. The highest BCUT2D eigenvalue weighted by atomic mass is 16.6. The summed E-state index contributed by atoms with van der Waals surface area (Å²) in [7, 11) is 0. The van der Waals surface area contributed by atoms with Gasteiger partial charge in [-0.1, -0.05) is 6.92 Å². The zero-order valence-electron chi connectivity index (χ0n) is 22.1. The first-order valence-corrected chi connectivity index (χ1v) is 12.9. The maximum atomic E-state index is 5.45. The molecule has 0 atom stereocenters. The van der Waals surface area contributed by atoms with Crippen molar-refractivity contribution in [2.45, 2.75) is 13.8 Å². The molecule has 0 aliphatic carbocycles. The van der Waals surface area contributed by atoms with E-state index in [0.29, 0.717) is 132 Å². The Morgan fingerprint density at radius 2 is 0.543 bits per heavy atom. The highest BCUT2D eigenvalue weighted by Gasteiger charge is 1.95. The Kier molecular flexibility index (Phi) is 33.1. The zero-order chi connectivity index (χ0) is 25.3. The molecule has 0 amide bonds. The molecule has 0 radical (unpaired) electrons. The molecule has 0 aliphatic rings. The average molecular weight is 514 g/mol. The molecule has 0 aromatic carbocycles. The second-order valence-electron chi connectivity index (χ2n) is 7.06. The lowest BCUT2D eigenvalue weighted by Gasteiger charge is -2.09. The van der Waals surface area contributed by atoms with E-state index in [0.717, 1.165) is 13.1 Å². The Morgan fingerprint density at radius 1 is 0.314 bits per heavy atom. The van der Waals surface area contributed by atoms with E-state index < -0.39 is 0 Å². The molecule has 35 heavy (non-hydrogen) atoms. The summed E-state index contributed by atoms with van der Waals surface area (Å²) in [6.45, 7) is 17.3. The van der Waals surface area contributed by atoms with Crippen molar-refractivity contribution in [3.05, 3.63) is 0 Å². The van der Waals surface area contributed by atoms with E-state index in [2.05, 4.69) is 12.2 Å². The molecule has 0 saturated heterocycles. The number of ether oxygens (including phenoxy) is 10. The molecule has 0 fully saturated rings. The lowest BCUT2D eigenvalue weighted by Crippen LogP contribution is -2.20. The molecule has 0 saturated carbocycles. The van der Waals surface area contributed by atoms with Crippen molar-refractivity contribution >= 4 is 0 Å². The van der Waals surface area contributed by atoms with Crippen LogP contribution >= 0.6 is 0 Å². The van der Waals surface area contributed by atoms with E-state index in [4.69, 9.17) is 47.4 Å². The van der Waals surface area contributed by atoms with E-state index in [1.165, 1.54) is 0 Å². The Labute approximate surface area is 212 Å². The van der Waals surface area contributed by atoms with Crippen LogP contribution in [0.5, 0.6) is 0 Å². The average Bonchev–Trinajstić information content (AvgIpc) is 2.87. The molecule has 1 N–H and O–H groups in total. The van der Waals surface area contributed by atoms with Crippen LogP contribution < -0.4 is 5.32 Å². The van der Waals surface area contributed by atoms with Gasteiger partial charge in [0.05, 0.1) is 126 Å². The SMILES string of the molecule is CCNCCOCCOCCOCCOCCOCCOCCOCCOCCOCCOCC. The van der Waals surface area contributed by atoms with Crippen LogP contribution in [0, 0.1) is 0 Å². The van der Waals surface area contributed by atoms with Gasteiger partial charge in [0.25, 0.3) is 0 Å². The van der Waals surface area contributed by atoms with E-state index in [1.54, 1.807) is 0 Å². The van der Waals surface area contributed by atoms with Crippen LogP contribution in [0.1, 0.15) is 13.8 Å². The summed E-state index contributed by atoms with van der Waals surface area (Å²) >= 11 is 0. The van der Waals surface area contributed by atoms with Crippen molar-refractivity contribution in [2.75, 3.05) is 145 Å². The quantitative estimate of drug-likeness (QED) is 0.129. The molecule has 0 aliphatic heterocycles. The summed E-state index contributed by atoms with van der Waals surface area (Å²) in [6.07, 6.45) is 0. The Morgan fingerprint density at radius 3 is 0.771 bits per heavy atom. The van der Waals surface area contributed by atoms with Crippen molar-refractivity contribution in [2.24, 2.45) is 0 Å². The number of nitrogens with one attached hydrogen (secondary N) is 1. The van der Waals surface area contributed by atoms with Gasteiger partial charge in [0.1, 0.15) is 0 Å². The molecular weight excluding hydrogens is 462 g/mol. The first-order valence-electron chi connectivity index (χ1n) is 12.9. The summed E-state index contributed by atoms with van der Waals surface area (Å²) in [5, 5.41) is 3.20. The van der Waals surface area contributed by atoms with Crippen molar-refractivity contribution < 1.29 is 47.4 Å². The van der Waals surface area contributed by atoms with Gasteiger partial charge in [0.2, 0.25) is 0 Å². The van der Waals surface area contributed by atoms with Gasteiger partial charge in [-0.15, -0.1) is 0 Å². The minimum absolute atomic E-state index is 0.530. The minimum atomic E-state index is 0.530. The number of hydrogen-bond donors (Lipinski definition) is 1. The lowest BCUT2D eigenvalue weighted by molar-refractivity contribution is -0.0262. The van der Waals surface area contributed by atoms with Gasteiger partial charge in [0.15, 0.2) is 0 Å². The highest BCUT2D eigenvalue weighted by Crippen LogP contribution is 1.86. The summed E-state index contributed by atoms with van der Waals surface area (Å²) in [5.74, 6) is 0. The van der Waals surface area contributed by atoms with E-state index in [1.807, 2.05) is 6.92 Å². The van der Waals surface area contributed by atoms with Gasteiger partial charge in [0, 0.05) is 13.2 Å². The highest BCUT2D eigenvalue weighted by molar-refractivity contribution is 4.41. The van der Waals surface area contributed by atoms with E-state index in [9.17, 15) is 0 Å². The number of rotatable bonds is 32. The maximum absolute atomic E-state index is 5.45. The molecule has 0 heterocycles. The summed E-state index contributed by atoms with van der Waals surface area (Å²) < 4.78 is 54.0. The smallest absolute Gasteiger partial charge is 0.0701 e. The van der Waals surface area contributed by atoms with Gasteiger partial charge >= 0.3 is 0 Å². The topological polar surface area (TPSA) is 104 Å². The molecule has 0 aromatic rings. The molecule has 0 rings (SSSR count). The summed E-state index contributed by atoms with van der Waals surface area (Å²) in [4.78, 5) is 0. The Balaban J connectivity index is 3.00. The molecule has 11 nitrogen and oxygen atoms in total. The van der Waals surface area contributed by atoms with Gasteiger partial charge in [-0.05, 0) is 13.5 Å². The molecule has 0 spiro atoms. The van der Waals surface area contributed by atoms with Gasteiger partial charge < -0.3 is 52.7 Å². The van der Waals surface area contributed by atoms with Crippen LogP contribution in [0.25, 0.3) is 0 Å². The van der Waals surface area contributed by atoms with Crippen LogP contribution in [0.4, 0.5) is 0 Å². The van der Waals surface area contributed by atoms with Crippen LogP contribution in [0.2, 0.25) is 0 Å². The van der Waals surface area contributed by atoms with Crippen LogP contribution in [0.15, 0.2) is 0 Å². The van der Waals surface area contributed by atoms with Gasteiger partial charge in [-0.2, -0.15) is 0 Å². The molecule has 11 heteroatoms. The predicted molar refractivity (Wildman–Crippen MR) is 132 cm³/mol. The maximum Gasteiger partial charge on any atom is 0.0701 e. The van der Waals surface area contributed by atoms with Crippen molar-refractivity contribution in [3.8, 4) is 0 Å². The fourth-order valence-electron chi connectivity index (χ4n) is 2.44. The van der Waals surface area contributed by atoms with E-state index >= 15 is 0 Å². The predicted octanol–water partition coefficient (Wildman–Crippen LogP) is 0.782. The standard InChI is InChI=1S/C24H51NO10/c1-3-25-5-6-27-9-10-29-13-14-31-17-18-33-21-22-35-24-23-34-20-19-32-16-15-30-12-11-28-8-7-26-4-2/h25H,3-24H2,1-2H3. The summed E-state index contributed by atoms with van der Waals surface area (Å²) in [6, 6.07) is 0. The van der Waals surface area contributed by atoms with Gasteiger partial charge in [-0.25, -0.2) is 0 Å². The molecule has 0 aromatic heterocycles. The largest absolute Gasteiger partial charge is 0.379 e. The number of likely N-dealkylation sites (N-methyl/N-ethyl adjacent to an activating group) is 1. The first kappa shape index (κ1) is 34.6. The number of hydrogen-bond acceptors (Lipinski definition) is 11. The third-order valence-electron chi connectivity index (χ3n) is 4.23. The van der Waals surface area contributed by atoms with Crippen LogP contribution in [0.3, 0.4) is 0 Å². The summed E-state index contributed by atoms with van der Waals surface area (Å²) in [5.41, 5.74) is 0. The third kappa shape index (κ3) is 33.6. The second kappa shape index (κ2) is 33.6. The lowest BCUT2D eigenvalue weighted by atomic mass is 10.6.